The zero-order valence-corrected chi connectivity index (χ0v) is 8.33. The third-order valence-electron chi connectivity index (χ3n) is 2.12. The third-order valence-corrected chi connectivity index (χ3v) is 2.80. The van der Waals surface area contributed by atoms with Crippen LogP contribution in [0.3, 0.4) is 0 Å². The molecule has 1 aliphatic carbocycles. The second-order valence-electron chi connectivity index (χ2n) is 3.22. The molecule has 0 saturated carbocycles. The molecule has 0 radical (unpaired) electrons. The zero-order valence-electron chi connectivity index (χ0n) is 7.51. The first-order valence-electron chi connectivity index (χ1n) is 4.40. The van der Waals surface area contributed by atoms with Gasteiger partial charge in [-0.2, -0.15) is 0 Å². The Bertz CT molecular complexity index is 347. The van der Waals surface area contributed by atoms with Crippen molar-refractivity contribution in [3.05, 3.63) is 23.7 Å². The second kappa shape index (κ2) is 3.89. The van der Waals surface area contributed by atoms with Crippen LogP contribution in [-0.2, 0) is 4.79 Å². The van der Waals surface area contributed by atoms with Crippen LogP contribution in [0.4, 0.5) is 5.13 Å². The van der Waals surface area contributed by atoms with Crippen LogP contribution in [0.5, 0.6) is 0 Å². The van der Waals surface area contributed by atoms with Gasteiger partial charge in [0.2, 0.25) is 5.91 Å². The van der Waals surface area contributed by atoms with E-state index >= 15 is 0 Å². The molecule has 3 N–H and O–H groups in total. The third kappa shape index (κ3) is 2.00. The van der Waals surface area contributed by atoms with Gasteiger partial charge in [0.15, 0.2) is 5.13 Å². The van der Waals surface area contributed by atoms with Gasteiger partial charge in [-0.1, -0.05) is 12.2 Å². The first-order chi connectivity index (χ1) is 6.75. The maximum absolute atomic E-state index is 11.6. The summed E-state index contributed by atoms with van der Waals surface area (Å²) in [5.74, 6) is -0.127. The van der Waals surface area contributed by atoms with Gasteiger partial charge < -0.3 is 11.1 Å². The lowest BCUT2D eigenvalue weighted by molar-refractivity contribution is -0.118. The molecule has 2 rings (SSSR count). The molecule has 0 spiro atoms. The summed E-state index contributed by atoms with van der Waals surface area (Å²) in [6.45, 7) is 0. The van der Waals surface area contributed by atoms with Gasteiger partial charge in [0.25, 0.3) is 0 Å². The molecule has 2 atom stereocenters. The number of hydrogen-bond donors (Lipinski definition) is 2. The molecule has 1 aliphatic rings. The Labute approximate surface area is 85.8 Å². The topological polar surface area (TPSA) is 68.0 Å². The summed E-state index contributed by atoms with van der Waals surface area (Å²) < 4.78 is 0. The summed E-state index contributed by atoms with van der Waals surface area (Å²) in [4.78, 5) is 15.6. The van der Waals surface area contributed by atoms with Crippen LogP contribution >= 0.6 is 11.3 Å². The van der Waals surface area contributed by atoms with Gasteiger partial charge in [0, 0.05) is 17.6 Å². The van der Waals surface area contributed by atoms with Crippen molar-refractivity contribution in [1.29, 1.82) is 0 Å². The average Bonchev–Trinajstić information content (AvgIpc) is 2.75. The van der Waals surface area contributed by atoms with E-state index in [1.165, 1.54) is 11.3 Å². The number of nitrogens with zero attached hydrogens (tertiary/aromatic N) is 1. The van der Waals surface area contributed by atoms with Gasteiger partial charge >= 0.3 is 0 Å². The number of carbonyl (C=O) groups excluding carboxylic acids is 1. The molecule has 0 saturated heterocycles. The minimum atomic E-state index is -0.103. The van der Waals surface area contributed by atoms with Crippen molar-refractivity contribution >= 4 is 22.4 Å². The summed E-state index contributed by atoms with van der Waals surface area (Å²) in [6, 6.07) is 0.0158. The van der Waals surface area contributed by atoms with Crippen LogP contribution in [0.1, 0.15) is 6.42 Å². The first-order valence-corrected chi connectivity index (χ1v) is 5.28. The van der Waals surface area contributed by atoms with E-state index in [1.807, 2.05) is 17.5 Å². The van der Waals surface area contributed by atoms with Gasteiger partial charge in [-0.25, -0.2) is 4.98 Å². The molecule has 0 fully saturated rings. The summed E-state index contributed by atoms with van der Waals surface area (Å²) >= 11 is 1.41. The van der Waals surface area contributed by atoms with Crippen LogP contribution in [0.15, 0.2) is 23.7 Å². The number of nitrogens with one attached hydrogen (secondary N) is 1. The Morgan fingerprint density at radius 1 is 1.64 bits per heavy atom. The molecule has 1 aromatic heterocycles. The molecular weight excluding hydrogens is 198 g/mol. The number of carbonyl (C=O) groups is 1. The van der Waals surface area contributed by atoms with E-state index in [1.54, 1.807) is 6.20 Å². The van der Waals surface area contributed by atoms with E-state index in [2.05, 4.69) is 10.3 Å². The van der Waals surface area contributed by atoms with Gasteiger partial charge in [0.1, 0.15) is 0 Å². The molecule has 2 unspecified atom stereocenters. The molecule has 1 aromatic rings. The molecular formula is C9H11N3OS. The Balaban J connectivity index is 1.94. The van der Waals surface area contributed by atoms with Crippen molar-refractivity contribution < 1.29 is 4.79 Å². The fourth-order valence-electron chi connectivity index (χ4n) is 1.40. The lowest BCUT2D eigenvalue weighted by Crippen LogP contribution is -2.23. The molecule has 74 valence electrons. The number of thiazole rings is 1. The van der Waals surface area contributed by atoms with Crippen molar-refractivity contribution in [2.45, 2.75) is 12.5 Å². The van der Waals surface area contributed by atoms with Crippen molar-refractivity contribution in [2.24, 2.45) is 11.7 Å². The first kappa shape index (κ1) is 9.36. The maximum atomic E-state index is 11.6. The number of anilines is 1. The van der Waals surface area contributed by atoms with Gasteiger partial charge in [-0.15, -0.1) is 11.3 Å². The maximum Gasteiger partial charge on any atom is 0.233 e. The van der Waals surface area contributed by atoms with Crippen LogP contribution in [0, 0.1) is 5.92 Å². The summed E-state index contributed by atoms with van der Waals surface area (Å²) in [6.07, 6.45) is 6.08. The second-order valence-corrected chi connectivity index (χ2v) is 4.11. The smallest absolute Gasteiger partial charge is 0.233 e. The summed E-state index contributed by atoms with van der Waals surface area (Å²) in [7, 11) is 0. The molecule has 5 heteroatoms. The number of hydrogen-bond acceptors (Lipinski definition) is 4. The Morgan fingerprint density at radius 3 is 3.07 bits per heavy atom. The van der Waals surface area contributed by atoms with E-state index in [4.69, 9.17) is 5.73 Å². The molecule has 4 nitrogen and oxygen atoms in total. The quantitative estimate of drug-likeness (QED) is 0.713. The lowest BCUT2D eigenvalue weighted by atomic mass is 10.1. The Hall–Kier alpha value is -1.20. The highest BCUT2D eigenvalue weighted by atomic mass is 32.1. The van der Waals surface area contributed by atoms with Gasteiger partial charge in [0.05, 0.1) is 5.92 Å². The summed E-state index contributed by atoms with van der Waals surface area (Å²) in [5.41, 5.74) is 5.66. The molecule has 1 amide bonds. The normalized spacial score (nSPS) is 25.2. The fourth-order valence-corrected chi connectivity index (χ4v) is 1.94. The fraction of sp³-hybridized carbons (Fsp3) is 0.333. The highest BCUT2D eigenvalue weighted by Gasteiger charge is 2.22. The molecule has 0 bridgehead atoms. The molecule has 0 aliphatic heterocycles. The number of rotatable bonds is 2. The minimum absolute atomic E-state index is 0.0158. The van der Waals surface area contributed by atoms with Crippen molar-refractivity contribution in [2.75, 3.05) is 5.32 Å². The largest absolute Gasteiger partial charge is 0.324 e. The van der Waals surface area contributed by atoms with Crippen molar-refractivity contribution in [1.82, 2.24) is 4.98 Å². The highest BCUT2D eigenvalue weighted by molar-refractivity contribution is 7.13. The van der Waals surface area contributed by atoms with Crippen LogP contribution in [-0.4, -0.2) is 16.9 Å². The molecule has 1 heterocycles. The SMILES string of the molecule is NC1C=CC(C(=O)Nc2nccs2)C1. The van der Waals surface area contributed by atoms with E-state index in [9.17, 15) is 4.79 Å². The van der Waals surface area contributed by atoms with Crippen molar-refractivity contribution in [3.63, 3.8) is 0 Å². The van der Waals surface area contributed by atoms with E-state index in [0.717, 1.165) is 0 Å². The Morgan fingerprint density at radius 2 is 2.50 bits per heavy atom. The highest BCUT2D eigenvalue weighted by Crippen LogP contribution is 2.19. The predicted molar refractivity (Wildman–Crippen MR) is 56.0 cm³/mol. The lowest BCUT2D eigenvalue weighted by Gasteiger charge is -2.07. The minimum Gasteiger partial charge on any atom is -0.324 e. The summed E-state index contributed by atoms with van der Waals surface area (Å²) in [5, 5.41) is 5.21. The van der Waals surface area contributed by atoms with Gasteiger partial charge in [-0.3, -0.25) is 4.79 Å². The van der Waals surface area contributed by atoms with E-state index < -0.39 is 0 Å². The molecule has 0 aromatic carbocycles. The van der Waals surface area contributed by atoms with E-state index in [-0.39, 0.29) is 17.9 Å². The van der Waals surface area contributed by atoms with Gasteiger partial charge in [-0.05, 0) is 6.42 Å². The predicted octanol–water partition coefficient (Wildman–Crippen LogP) is 0.985. The standard InChI is InChI=1S/C9H11N3OS/c10-7-2-1-6(5-7)8(13)12-9-11-3-4-14-9/h1-4,6-7H,5,10H2,(H,11,12,13). The Kier molecular flexibility index (Phi) is 2.60. The number of aromatic nitrogens is 1. The van der Waals surface area contributed by atoms with Crippen LogP contribution in [0.2, 0.25) is 0 Å². The number of nitrogens with two attached hydrogens (primary N) is 1. The van der Waals surface area contributed by atoms with Crippen molar-refractivity contribution in [3.8, 4) is 0 Å². The van der Waals surface area contributed by atoms with Crippen LogP contribution < -0.4 is 11.1 Å². The van der Waals surface area contributed by atoms with Crippen LogP contribution in [0.25, 0.3) is 0 Å². The average molecular weight is 209 g/mol. The number of amides is 1. The monoisotopic (exact) mass is 209 g/mol. The molecule has 14 heavy (non-hydrogen) atoms. The zero-order chi connectivity index (χ0) is 9.97. The van der Waals surface area contributed by atoms with E-state index in [0.29, 0.717) is 11.6 Å².